The van der Waals surface area contributed by atoms with Crippen LogP contribution in [0, 0.1) is 20.2 Å². The summed E-state index contributed by atoms with van der Waals surface area (Å²) in [6, 6.07) is 3.36. The fourth-order valence-corrected chi connectivity index (χ4v) is 1.11. The van der Waals surface area contributed by atoms with Crippen LogP contribution in [0.2, 0.25) is 0 Å². The Bertz CT molecular complexity index is 513. The molecule has 0 saturated carbocycles. The molecule has 0 aromatic heterocycles. The van der Waals surface area contributed by atoms with Crippen LogP contribution in [0.15, 0.2) is 23.3 Å². The number of anilines is 1. The molecule has 1 rings (SSSR count). The van der Waals surface area contributed by atoms with Crippen LogP contribution in [0.25, 0.3) is 0 Å². The van der Waals surface area contributed by atoms with Crippen molar-refractivity contribution >= 4 is 22.8 Å². The summed E-state index contributed by atoms with van der Waals surface area (Å²) in [5.41, 5.74) is 2.72. The highest BCUT2D eigenvalue weighted by molar-refractivity contribution is 5.82. The fraction of sp³-hybridized carbons (Fsp3) is 0.300. The first-order chi connectivity index (χ1) is 8.45. The Balaban J connectivity index is 3.12. The van der Waals surface area contributed by atoms with Crippen molar-refractivity contribution in [2.45, 2.75) is 20.3 Å². The maximum absolute atomic E-state index is 10.8. The van der Waals surface area contributed by atoms with Crippen molar-refractivity contribution in [2.24, 2.45) is 5.10 Å². The second kappa shape index (κ2) is 5.71. The normalized spacial score (nSPS) is 11.1. The number of hydrogen-bond donors (Lipinski definition) is 1. The van der Waals surface area contributed by atoms with Gasteiger partial charge in [-0.15, -0.1) is 0 Å². The topological polar surface area (TPSA) is 111 Å². The molecule has 96 valence electrons. The quantitative estimate of drug-likeness (QED) is 0.492. The van der Waals surface area contributed by atoms with Crippen molar-refractivity contribution in [2.75, 3.05) is 5.43 Å². The van der Waals surface area contributed by atoms with Crippen molar-refractivity contribution in [1.29, 1.82) is 0 Å². The van der Waals surface area contributed by atoms with Crippen LogP contribution in [0.3, 0.4) is 0 Å². The van der Waals surface area contributed by atoms with Crippen LogP contribution in [0.5, 0.6) is 0 Å². The first kappa shape index (κ1) is 13.6. The van der Waals surface area contributed by atoms with E-state index in [1.807, 2.05) is 6.92 Å². The van der Waals surface area contributed by atoms with Gasteiger partial charge in [0.05, 0.1) is 15.9 Å². The lowest BCUT2D eigenvalue weighted by Crippen LogP contribution is -2.00. The third kappa shape index (κ3) is 3.24. The molecule has 0 heterocycles. The summed E-state index contributed by atoms with van der Waals surface area (Å²) >= 11 is 0. The van der Waals surface area contributed by atoms with Gasteiger partial charge in [-0.3, -0.25) is 25.7 Å². The lowest BCUT2D eigenvalue weighted by atomic mass is 10.2. The summed E-state index contributed by atoms with van der Waals surface area (Å²) in [7, 11) is 0. The molecule has 0 radical (unpaired) electrons. The van der Waals surface area contributed by atoms with Crippen LogP contribution in [0.1, 0.15) is 20.3 Å². The molecule has 8 heteroatoms. The minimum atomic E-state index is -0.688. The second-order valence-electron chi connectivity index (χ2n) is 3.53. The summed E-state index contributed by atoms with van der Waals surface area (Å²) in [6.45, 7) is 3.66. The maximum Gasteiger partial charge on any atom is 0.301 e. The monoisotopic (exact) mass is 252 g/mol. The van der Waals surface area contributed by atoms with Gasteiger partial charge in [0.25, 0.3) is 5.69 Å². The number of nitro benzene ring substituents is 2. The van der Waals surface area contributed by atoms with E-state index < -0.39 is 9.85 Å². The first-order valence-corrected chi connectivity index (χ1v) is 5.17. The Labute approximate surface area is 103 Å². The van der Waals surface area contributed by atoms with E-state index in [4.69, 9.17) is 0 Å². The van der Waals surface area contributed by atoms with Gasteiger partial charge in [-0.1, -0.05) is 6.92 Å². The van der Waals surface area contributed by atoms with Gasteiger partial charge in [0.2, 0.25) is 0 Å². The number of nitrogens with one attached hydrogen (secondary N) is 1. The summed E-state index contributed by atoms with van der Waals surface area (Å²) in [5, 5.41) is 25.3. The SMILES string of the molecule is CC/C(C)=N\Nc1ccc([N+](=O)[O-])cc1[N+](=O)[O-]. The van der Waals surface area contributed by atoms with Gasteiger partial charge < -0.3 is 0 Å². The second-order valence-corrected chi connectivity index (χ2v) is 3.53. The molecule has 0 amide bonds. The van der Waals surface area contributed by atoms with Gasteiger partial charge in [-0.2, -0.15) is 5.10 Å². The molecular weight excluding hydrogens is 240 g/mol. The third-order valence-electron chi connectivity index (χ3n) is 2.27. The summed E-state index contributed by atoms with van der Waals surface area (Å²) in [5.74, 6) is 0. The van der Waals surface area contributed by atoms with E-state index in [1.165, 1.54) is 12.1 Å². The zero-order valence-electron chi connectivity index (χ0n) is 9.91. The van der Waals surface area contributed by atoms with E-state index in [1.54, 1.807) is 6.92 Å². The lowest BCUT2D eigenvalue weighted by molar-refractivity contribution is -0.393. The molecular formula is C10H12N4O4. The molecule has 1 N–H and O–H groups in total. The van der Waals surface area contributed by atoms with Gasteiger partial charge in [-0.25, -0.2) is 0 Å². The highest BCUT2D eigenvalue weighted by Gasteiger charge is 2.19. The van der Waals surface area contributed by atoms with E-state index in [0.29, 0.717) is 6.42 Å². The predicted octanol–water partition coefficient (Wildman–Crippen LogP) is 2.70. The van der Waals surface area contributed by atoms with Crippen molar-refractivity contribution < 1.29 is 9.85 Å². The average molecular weight is 252 g/mol. The number of hydrogen-bond acceptors (Lipinski definition) is 6. The zero-order valence-corrected chi connectivity index (χ0v) is 9.91. The molecule has 0 spiro atoms. The first-order valence-electron chi connectivity index (χ1n) is 5.17. The molecule has 18 heavy (non-hydrogen) atoms. The Morgan fingerprint density at radius 3 is 2.50 bits per heavy atom. The van der Waals surface area contributed by atoms with Crippen molar-refractivity contribution in [3.8, 4) is 0 Å². The Morgan fingerprint density at radius 2 is 2.00 bits per heavy atom. The molecule has 0 saturated heterocycles. The van der Waals surface area contributed by atoms with E-state index in [9.17, 15) is 20.2 Å². The summed E-state index contributed by atoms with van der Waals surface area (Å²) < 4.78 is 0. The molecule has 0 aliphatic rings. The largest absolute Gasteiger partial charge is 0.301 e. The molecule has 0 aliphatic heterocycles. The van der Waals surface area contributed by atoms with Crippen LogP contribution >= 0.6 is 0 Å². The molecule has 0 unspecified atom stereocenters. The summed E-state index contributed by atoms with van der Waals surface area (Å²) in [4.78, 5) is 20.0. The van der Waals surface area contributed by atoms with E-state index >= 15 is 0 Å². The van der Waals surface area contributed by atoms with Gasteiger partial charge in [0.15, 0.2) is 0 Å². The maximum atomic E-state index is 10.8. The zero-order chi connectivity index (χ0) is 13.7. The molecule has 1 aromatic carbocycles. The number of hydrazone groups is 1. The molecule has 8 nitrogen and oxygen atoms in total. The molecule has 0 aliphatic carbocycles. The third-order valence-corrected chi connectivity index (χ3v) is 2.27. The highest BCUT2D eigenvalue weighted by atomic mass is 16.6. The average Bonchev–Trinajstić information content (AvgIpc) is 2.35. The van der Waals surface area contributed by atoms with E-state index in [0.717, 1.165) is 11.8 Å². The standard InChI is InChI=1S/C10H12N4O4/c1-3-7(2)11-12-9-5-4-8(13(15)16)6-10(9)14(17)18/h4-6,12H,3H2,1-2H3/b11-7-. The fourth-order valence-electron chi connectivity index (χ4n) is 1.11. The minimum Gasteiger partial charge on any atom is -0.272 e. The number of benzene rings is 1. The highest BCUT2D eigenvalue weighted by Crippen LogP contribution is 2.28. The Morgan fingerprint density at radius 1 is 1.33 bits per heavy atom. The number of non-ortho nitro benzene ring substituents is 1. The number of nitrogens with zero attached hydrogens (tertiary/aromatic N) is 3. The van der Waals surface area contributed by atoms with Gasteiger partial charge >= 0.3 is 5.69 Å². The molecule has 0 atom stereocenters. The van der Waals surface area contributed by atoms with Gasteiger partial charge in [0, 0.05) is 11.8 Å². The van der Waals surface area contributed by atoms with Crippen LogP contribution < -0.4 is 5.43 Å². The van der Waals surface area contributed by atoms with E-state index in [-0.39, 0.29) is 17.1 Å². The Kier molecular flexibility index (Phi) is 4.30. The predicted molar refractivity (Wildman–Crippen MR) is 66.8 cm³/mol. The molecule has 0 bridgehead atoms. The molecule has 0 fully saturated rings. The van der Waals surface area contributed by atoms with Crippen LogP contribution in [-0.4, -0.2) is 15.6 Å². The smallest absolute Gasteiger partial charge is 0.272 e. The van der Waals surface area contributed by atoms with Gasteiger partial charge in [0.1, 0.15) is 5.69 Å². The van der Waals surface area contributed by atoms with Gasteiger partial charge in [-0.05, 0) is 19.4 Å². The van der Waals surface area contributed by atoms with Crippen LogP contribution in [-0.2, 0) is 0 Å². The molecule has 1 aromatic rings. The number of rotatable bonds is 5. The number of nitro groups is 2. The van der Waals surface area contributed by atoms with Crippen molar-refractivity contribution in [3.63, 3.8) is 0 Å². The van der Waals surface area contributed by atoms with Crippen molar-refractivity contribution in [1.82, 2.24) is 0 Å². The summed E-state index contributed by atoms with van der Waals surface area (Å²) in [6.07, 6.45) is 0.702. The van der Waals surface area contributed by atoms with Crippen molar-refractivity contribution in [3.05, 3.63) is 38.4 Å². The van der Waals surface area contributed by atoms with E-state index in [2.05, 4.69) is 10.5 Å². The minimum absolute atomic E-state index is 0.124. The van der Waals surface area contributed by atoms with Crippen LogP contribution in [0.4, 0.5) is 17.1 Å². The lowest BCUT2D eigenvalue weighted by Gasteiger charge is -2.03. The Hall–Kier alpha value is -2.51.